The van der Waals surface area contributed by atoms with E-state index in [9.17, 15) is 9.90 Å². The van der Waals surface area contributed by atoms with E-state index in [1.807, 2.05) is 6.92 Å². The van der Waals surface area contributed by atoms with Gasteiger partial charge in [0.25, 0.3) is 0 Å². The van der Waals surface area contributed by atoms with E-state index in [-0.39, 0.29) is 19.1 Å². The van der Waals surface area contributed by atoms with Crippen molar-refractivity contribution in [2.45, 2.75) is 32.9 Å². The topological polar surface area (TPSA) is 77.0 Å². The Morgan fingerprint density at radius 3 is 2.50 bits per heavy atom. The van der Waals surface area contributed by atoms with Crippen LogP contribution in [-0.4, -0.2) is 62.8 Å². The van der Waals surface area contributed by atoms with Crippen molar-refractivity contribution in [1.29, 1.82) is 0 Å². The number of ether oxygens (including phenoxy) is 3. The van der Waals surface area contributed by atoms with E-state index >= 15 is 0 Å². The second kappa shape index (κ2) is 11.4. The lowest BCUT2D eigenvalue weighted by Crippen LogP contribution is -2.41. The molecule has 18 heavy (non-hydrogen) atoms. The zero-order valence-corrected chi connectivity index (χ0v) is 11.5. The van der Waals surface area contributed by atoms with Gasteiger partial charge in [0.15, 0.2) is 0 Å². The van der Waals surface area contributed by atoms with Crippen molar-refractivity contribution in [3.05, 3.63) is 0 Å². The summed E-state index contributed by atoms with van der Waals surface area (Å²) in [6, 6.07) is -0.428. The van der Waals surface area contributed by atoms with Crippen molar-refractivity contribution >= 4 is 5.97 Å². The van der Waals surface area contributed by atoms with Gasteiger partial charge in [0.1, 0.15) is 6.04 Å². The fourth-order valence-corrected chi connectivity index (χ4v) is 1.20. The van der Waals surface area contributed by atoms with Gasteiger partial charge in [-0.25, -0.2) is 0 Å². The Bertz CT molecular complexity index is 213. The third-order valence-corrected chi connectivity index (χ3v) is 2.19. The van der Waals surface area contributed by atoms with Gasteiger partial charge in [-0.2, -0.15) is 0 Å². The first-order valence-corrected chi connectivity index (χ1v) is 6.35. The largest absolute Gasteiger partial charge is 0.465 e. The van der Waals surface area contributed by atoms with Crippen LogP contribution in [0.15, 0.2) is 0 Å². The smallest absolute Gasteiger partial charge is 0.322 e. The molecule has 6 heteroatoms. The van der Waals surface area contributed by atoms with Crippen LogP contribution in [0.5, 0.6) is 0 Å². The molecule has 0 radical (unpaired) electrons. The Morgan fingerprint density at radius 2 is 1.89 bits per heavy atom. The summed E-state index contributed by atoms with van der Waals surface area (Å²) in [6.45, 7) is 7.86. The van der Waals surface area contributed by atoms with Crippen LogP contribution in [0.3, 0.4) is 0 Å². The summed E-state index contributed by atoms with van der Waals surface area (Å²) in [6.07, 6.45) is -0.650. The average Bonchev–Trinajstić information content (AvgIpc) is 2.36. The number of hydrogen-bond donors (Lipinski definition) is 2. The number of carbonyl (C=O) groups excluding carboxylic acids is 1. The van der Waals surface area contributed by atoms with Crippen molar-refractivity contribution < 1.29 is 24.1 Å². The van der Waals surface area contributed by atoms with Crippen molar-refractivity contribution in [1.82, 2.24) is 5.32 Å². The van der Waals surface area contributed by atoms with Crippen LogP contribution in [0.2, 0.25) is 0 Å². The second-order valence-corrected chi connectivity index (χ2v) is 3.81. The van der Waals surface area contributed by atoms with Gasteiger partial charge in [-0.05, 0) is 20.8 Å². The molecule has 0 saturated heterocycles. The Kier molecular flexibility index (Phi) is 11.0. The highest BCUT2D eigenvalue weighted by atomic mass is 16.5. The van der Waals surface area contributed by atoms with Crippen LogP contribution in [-0.2, 0) is 19.0 Å². The molecule has 0 aliphatic rings. The Morgan fingerprint density at radius 1 is 1.22 bits per heavy atom. The first-order chi connectivity index (χ1) is 8.61. The quantitative estimate of drug-likeness (QED) is 0.402. The number of nitrogens with one attached hydrogen (secondary N) is 1. The van der Waals surface area contributed by atoms with Crippen LogP contribution in [0, 0.1) is 0 Å². The summed E-state index contributed by atoms with van der Waals surface area (Å²) in [5.74, 6) is -0.318. The molecule has 2 unspecified atom stereocenters. The lowest BCUT2D eigenvalue weighted by atomic mass is 10.3. The maximum atomic E-state index is 11.3. The van der Waals surface area contributed by atoms with Crippen LogP contribution in [0.4, 0.5) is 0 Å². The van der Waals surface area contributed by atoms with Gasteiger partial charge in [0, 0.05) is 13.2 Å². The van der Waals surface area contributed by atoms with Crippen molar-refractivity contribution in [2.24, 2.45) is 0 Å². The molecule has 2 N–H and O–H groups in total. The van der Waals surface area contributed by atoms with Crippen molar-refractivity contribution in [3.8, 4) is 0 Å². The molecule has 2 atom stereocenters. The van der Waals surface area contributed by atoms with Crippen LogP contribution in [0.1, 0.15) is 20.8 Å². The molecule has 108 valence electrons. The molecule has 0 saturated carbocycles. The Hall–Kier alpha value is -0.690. The monoisotopic (exact) mass is 263 g/mol. The summed E-state index contributed by atoms with van der Waals surface area (Å²) in [5.41, 5.74) is 0. The normalized spacial score (nSPS) is 14.2. The van der Waals surface area contributed by atoms with Gasteiger partial charge in [0.2, 0.25) is 0 Å². The summed E-state index contributed by atoms with van der Waals surface area (Å²) in [7, 11) is 0. The van der Waals surface area contributed by atoms with Crippen LogP contribution < -0.4 is 5.32 Å². The fraction of sp³-hybridized carbons (Fsp3) is 0.917. The Labute approximate surface area is 109 Å². The van der Waals surface area contributed by atoms with E-state index in [0.717, 1.165) is 0 Å². The molecule has 0 aliphatic carbocycles. The molecule has 6 nitrogen and oxygen atoms in total. The number of aliphatic hydroxyl groups excluding tert-OH is 1. The first-order valence-electron chi connectivity index (χ1n) is 6.35. The third-order valence-electron chi connectivity index (χ3n) is 2.19. The van der Waals surface area contributed by atoms with Crippen LogP contribution in [0.25, 0.3) is 0 Å². The molecule has 0 aliphatic heterocycles. The molecule has 0 bridgehead atoms. The second-order valence-electron chi connectivity index (χ2n) is 3.81. The number of aliphatic hydroxyl groups is 1. The molecule has 0 aromatic heterocycles. The molecule has 0 spiro atoms. The first kappa shape index (κ1) is 17.3. The minimum Gasteiger partial charge on any atom is -0.465 e. The molecule has 0 heterocycles. The van der Waals surface area contributed by atoms with E-state index < -0.39 is 12.1 Å². The third kappa shape index (κ3) is 9.35. The number of rotatable bonds is 11. The minimum absolute atomic E-state index is 0.218. The summed E-state index contributed by atoms with van der Waals surface area (Å²) < 4.78 is 15.1. The predicted molar refractivity (Wildman–Crippen MR) is 67.4 cm³/mol. The molecule has 0 fully saturated rings. The predicted octanol–water partition coefficient (Wildman–Crippen LogP) is -0.0584. The number of hydrogen-bond acceptors (Lipinski definition) is 6. The highest BCUT2D eigenvalue weighted by Gasteiger charge is 2.14. The number of esters is 1. The summed E-state index contributed by atoms with van der Waals surface area (Å²) >= 11 is 0. The molecule has 0 aromatic carbocycles. The van der Waals surface area contributed by atoms with E-state index in [0.29, 0.717) is 26.4 Å². The summed E-state index contributed by atoms with van der Waals surface area (Å²) in [4.78, 5) is 11.3. The molecule has 0 amide bonds. The van der Waals surface area contributed by atoms with Gasteiger partial charge >= 0.3 is 5.97 Å². The zero-order valence-electron chi connectivity index (χ0n) is 11.5. The SMILES string of the molecule is CCOCCOCC(O)CNC(C)C(=O)OCC. The highest BCUT2D eigenvalue weighted by molar-refractivity contribution is 5.75. The highest BCUT2D eigenvalue weighted by Crippen LogP contribution is 1.90. The van der Waals surface area contributed by atoms with E-state index in [1.165, 1.54) is 0 Å². The van der Waals surface area contributed by atoms with Gasteiger partial charge in [-0.1, -0.05) is 0 Å². The van der Waals surface area contributed by atoms with Crippen LogP contribution >= 0.6 is 0 Å². The molecular weight excluding hydrogens is 238 g/mol. The molecule has 0 rings (SSSR count). The van der Waals surface area contributed by atoms with Gasteiger partial charge < -0.3 is 24.6 Å². The summed E-state index contributed by atoms with van der Waals surface area (Å²) in [5, 5.41) is 12.5. The molecule has 0 aromatic rings. The van der Waals surface area contributed by atoms with Crippen molar-refractivity contribution in [2.75, 3.05) is 39.6 Å². The van der Waals surface area contributed by atoms with E-state index in [1.54, 1.807) is 13.8 Å². The van der Waals surface area contributed by atoms with Gasteiger partial charge in [-0.15, -0.1) is 0 Å². The van der Waals surface area contributed by atoms with Gasteiger partial charge in [-0.3, -0.25) is 4.79 Å². The lowest BCUT2D eigenvalue weighted by Gasteiger charge is -2.16. The average molecular weight is 263 g/mol. The molecular formula is C12H25NO5. The van der Waals surface area contributed by atoms with E-state index in [4.69, 9.17) is 14.2 Å². The van der Waals surface area contributed by atoms with Crippen molar-refractivity contribution in [3.63, 3.8) is 0 Å². The standard InChI is InChI=1S/C12H25NO5/c1-4-16-6-7-17-9-11(14)8-13-10(3)12(15)18-5-2/h10-11,13-14H,4-9H2,1-3H3. The minimum atomic E-state index is -0.650. The maximum Gasteiger partial charge on any atom is 0.322 e. The Balaban J connectivity index is 3.51. The lowest BCUT2D eigenvalue weighted by molar-refractivity contribution is -0.145. The van der Waals surface area contributed by atoms with E-state index in [2.05, 4.69) is 5.32 Å². The zero-order chi connectivity index (χ0) is 13.8. The number of carbonyl (C=O) groups is 1. The van der Waals surface area contributed by atoms with Gasteiger partial charge in [0.05, 0.1) is 32.5 Å². The maximum absolute atomic E-state index is 11.3. The fourth-order valence-electron chi connectivity index (χ4n) is 1.20.